The number of carbonyl (C=O) groups is 2. The van der Waals surface area contributed by atoms with Gasteiger partial charge >= 0.3 is 12.1 Å². The predicted octanol–water partition coefficient (Wildman–Crippen LogP) is 5.06. The minimum atomic E-state index is -0.330. The first-order chi connectivity index (χ1) is 20.0. The molecule has 0 bridgehead atoms. The molecule has 3 fully saturated rings. The number of ether oxygens (including phenoxy) is 2. The summed E-state index contributed by atoms with van der Waals surface area (Å²) in [6, 6.07) is 18.0. The van der Waals surface area contributed by atoms with E-state index in [1.807, 2.05) is 35.2 Å². The Kier molecular flexibility index (Phi) is 7.62. The average molecular weight is 557 g/mol. The zero-order valence-corrected chi connectivity index (χ0v) is 23.4. The highest BCUT2D eigenvalue weighted by atomic mass is 16.6. The number of methoxy groups -OCH3 is 1. The van der Waals surface area contributed by atoms with Gasteiger partial charge < -0.3 is 18.9 Å². The monoisotopic (exact) mass is 556 g/mol. The summed E-state index contributed by atoms with van der Waals surface area (Å²) < 4.78 is 16.1. The number of carbonyl (C=O) groups excluding carboxylic acids is 2. The van der Waals surface area contributed by atoms with Crippen LogP contribution in [0, 0.1) is 0 Å². The summed E-state index contributed by atoms with van der Waals surface area (Å²) in [5, 5.41) is 4.43. The van der Waals surface area contributed by atoms with Gasteiger partial charge in [0.05, 0.1) is 24.0 Å². The van der Waals surface area contributed by atoms with Crippen LogP contribution in [0.4, 0.5) is 4.79 Å². The van der Waals surface area contributed by atoms with Crippen molar-refractivity contribution in [3.8, 4) is 0 Å². The van der Waals surface area contributed by atoms with Gasteiger partial charge in [0, 0.05) is 31.6 Å². The van der Waals surface area contributed by atoms with E-state index in [-0.39, 0.29) is 36.0 Å². The molecule has 0 radical (unpaired) electrons. The zero-order valence-electron chi connectivity index (χ0n) is 23.4. The molecule has 2 unspecified atom stereocenters. The van der Waals surface area contributed by atoms with Crippen molar-refractivity contribution in [1.29, 1.82) is 0 Å². The Balaban J connectivity index is 1.10. The summed E-state index contributed by atoms with van der Waals surface area (Å²) in [5.41, 5.74) is 2.64. The minimum Gasteiger partial charge on any atom is -0.465 e. The van der Waals surface area contributed by atoms with Crippen molar-refractivity contribution in [3.63, 3.8) is 0 Å². The third kappa shape index (κ3) is 5.91. The molecule has 6 rings (SSSR count). The molecular weight excluding hydrogens is 520 g/mol. The second-order valence-corrected chi connectivity index (χ2v) is 11.5. The lowest BCUT2D eigenvalue weighted by Crippen LogP contribution is -2.40. The maximum atomic E-state index is 13.1. The molecule has 1 amide bonds. The third-order valence-corrected chi connectivity index (χ3v) is 8.59. The molecule has 3 aromatic rings. The highest BCUT2D eigenvalue weighted by Crippen LogP contribution is 2.52. The fourth-order valence-electron chi connectivity index (χ4n) is 5.96. The fourth-order valence-corrected chi connectivity index (χ4v) is 5.96. The molecule has 9 nitrogen and oxygen atoms in total. The first-order valence-corrected chi connectivity index (χ1v) is 14.3. The molecule has 3 aliphatic rings. The van der Waals surface area contributed by atoms with Crippen LogP contribution in [-0.4, -0.2) is 71.4 Å². The molecular formula is C32H36N4O5. The Morgan fingerprint density at radius 1 is 1.17 bits per heavy atom. The van der Waals surface area contributed by atoms with Crippen molar-refractivity contribution in [1.82, 2.24) is 19.9 Å². The third-order valence-electron chi connectivity index (χ3n) is 8.59. The summed E-state index contributed by atoms with van der Waals surface area (Å²) >= 11 is 0. The smallest absolute Gasteiger partial charge is 0.410 e. The van der Waals surface area contributed by atoms with Crippen molar-refractivity contribution >= 4 is 12.1 Å². The molecule has 2 heterocycles. The van der Waals surface area contributed by atoms with E-state index in [4.69, 9.17) is 19.0 Å². The number of benzene rings is 2. The van der Waals surface area contributed by atoms with Gasteiger partial charge in [0.2, 0.25) is 5.89 Å². The minimum absolute atomic E-state index is 0.101. The van der Waals surface area contributed by atoms with Crippen LogP contribution in [0.5, 0.6) is 0 Å². The Bertz CT molecular complexity index is 1380. The van der Waals surface area contributed by atoms with Crippen LogP contribution in [0.15, 0.2) is 71.8 Å². The molecule has 41 heavy (non-hydrogen) atoms. The Labute approximate surface area is 240 Å². The van der Waals surface area contributed by atoms with Crippen molar-refractivity contribution in [3.05, 3.63) is 95.7 Å². The van der Waals surface area contributed by atoms with Gasteiger partial charge in [0.25, 0.3) is 0 Å². The first-order valence-electron chi connectivity index (χ1n) is 14.3. The Morgan fingerprint density at radius 2 is 1.95 bits per heavy atom. The topological polar surface area (TPSA) is 98.0 Å². The van der Waals surface area contributed by atoms with E-state index in [1.54, 1.807) is 18.2 Å². The van der Waals surface area contributed by atoms with Crippen LogP contribution in [0.3, 0.4) is 0 Å². The summed E-state index contributed by atoms with van der Waals surface area (Å²) in [5.74, 6) is 1.52. The van der Waals surface area contributed by atoms with E-state index in [1.165, 1.54) is 12.7 Å². The Hall–Kier alpha value is -3.98. The van der Waals surface area contributed by atoms with Gasteiger partial charge in [-0.1, -0.05) is 60.3 Å². The molecule has 214 valence electrons. The first kappa shape index (κ1) is 27.2. The number of amides is 1. The van der Waals surface area contributed by atoms with E-state index >= 15 is 0 Å². The summed E-state index contributed by atoms with van der Waals surface area (Å²) in [6.45, 7) is 6.93. The highest BCUT2D eigenvalue weighted by molar-refractivity contribution is 5.89. The molecule has 2 aliphatic carbocycles. The van der Waals surface area contributed by atoms with Crippen molar-refractivity contribution < 1.29 is 23.6 Å². The quantitative estimate of drug-likeness (QED) is 0.239. The van der Waals surface area contributed by atoms with E-state index < -0.39 is 0 Å². The SMILES string of the molecule is C=CCOC(=O)N(CC1(c2noc(C3CCN(Cc4ccc(C(=O)OC)cc4)C3)n2)CC1)C1C[C@@H]1c1ccccc1. The molecule has 0 spiro atoms. The lowest BCUT2D eigenvalue weighted by molar-refractivity contribution is 0.0600. The van der Waals surface area contributed by atoms with E-state index in [0.29, 0.717) is 29.7 Å². The van der Waals surface area contributed by atoms with Crippen LogP contribution < -0.4 is 0 Å². The zero-order chi connectivity index (χ0) is 28.4. The molecule has 2 aromatic carbocycles. The number of hydrogen-bond acceptors (Lipinski definition) is 8. The molecule has 1 aromatic heterocycles. The van der Waals surface area contributed by atoms with E-state index in [9.17, 15) is 9.59 Å². The van der Waals surface area contributed by atoms with Crippen LogP contribution in [-0.2, 0) is 21.4 Å². The number of hydrogen-bond donors (Lipinski definition) is 0. The summed E-state index contributed by atoms with van der Waals surface area (Å²) in [6.07, 6.45) is 4.98. The molecule has 0 N–H and O–H groups in total. The van der Waals surface area contributed by atoms with Crippen LogP contribution >= 0.6 is 0 Å². The van der Waals surface area contributed by atoms with Crippen LogP contribution in [0.1, 0.15) is 70.7 Å². The maximum Gasteiger partial charge on any atom is 0.410 e. The summed E-state index contributed by atoms with van der Waals surface area (Å²) in [7, 11) is 1.39. The normalized spacial score (nSPS) is 22.6. The van der Waals surface area contributed by atoms with Crippen molar-refractivity contribution in [2.24, 2.45) is 0 Å². The molecule has 1 aliphatic heterocycles. The van der Waals surface area contributed by atoms with Gasteiger partial charge in [-0.2, -0.15) is 4.98 Å². The van der Waals surface area contributed by atoms with Crippen LogP contribution in [0.2, 0.25) is 0 Å². The van der Waals surface area contributed by atoms with E-state index in [2.05, 4.69) is 28.8 Å². The summed E-state index contributed by atoms with van der Waals surface area (Å²) in [4.78, 5) is 34.0. The van der Waals surface area contributed by atoms with Gasteiger partial charge in [-0.25, -0.2) is 9.59 Å². The van der Waals surface area contributed by atoms with Gasteiger partial charge in [-0.3, -0.25) is 4.90 Å². The molecule has 1 saturated heterocycles. The number of nitrogens with zero attached hydrogens (tertiary/aromatic N) is 4. The van der Waals surface area contributed by atoms with Gasteiger partial charge in [0.15, 0.2) is 5.82 Å². The second kappa shape index (κ2) is 11.5. The van der Waals surface area contributed by atoms with Gasteiger partial charge in [-0.15, -0.1) is 0 Å². The Morgan fingerprint density at radius 3 is 2.66 bits per heavy atom. The molecule has 9 heteroatoms. The van der Waals surface area contributed by atoms with Crippen molar-refractivity contribution in [2.45, 2.75) is 55.5 Å². The van der Waals surface area contributed by atoms with Gasteiger partial charge in [0.1, 0.15) is 6.61 Å². The number of esters is 1. The van der Waals surface area contributed by atoms with Crippen LogP contribution in [0.25, 0.3) is 0 Å². The average Bonchev–Trinajstić information content (AvgIpc) is 3.87. The maximum absolute atomic E-state index is 13.1. The number of rotatable bonds is 11. The fraction of sp³-hybridized carbons (Fsp3) is 0.438. The highest BCUT2D eigenvalue weighted by Gasteiger charge is 2.55. The number of aromatic nitrogens is 2. The number of likely N-dealkylation sites (tertiary alicyclic amines) is 1. The van der Waals surface area contributed by atoms with E-state index in [0.717, 1.165) is 50.9 Å². The standard InChI is InChI=1S/C32H36N4O5/c1-3-17-40-31(38)36(27-18-26(27)23-7-5-4-6-8-23)21-32(14-15-32)30-33-28(41-34-30)25-13-16-35(20-25)19-22-9-11-24(12-10-22)29(37)39-2/h3-12,25-27H,1,13-21H2,2H3/t25?,26-,27?/m1/s1. The molecule has 3 atom stereocenters. The lowest BCUT2D eigenvalue weighted by atomic mass is 10.0. The van der Waals surface area contributed by atoms with Crippen molar-refractivity contribution in [2.75, 3.05) is 33.4 Å². The second-order valence-electron chi connectivity index (χ2n) is 11.5. The lowest BCUT2D eigenvalue weighted by Gasteiger charge is -2.26. The predicted molar refractivity (Wildman–Crippen MR) is 151 cm³/mol. The molecule has 2 saturated carbocycles. The van der Waals surface area contributed by atoms with Gasteiger partial charge in [-0.05, 0) is 55.5 Å². The largest absolute Gasteiger partial charge is 0.465 e.